The largest absolute Gasteiger partial charge is 0.377 e. The smallest absolute Gasteiger partial charge is 0.191 e. The number of halogens is 1. The summed E-state index contributed by atoms with van der Waals surface area (Å²) in [4.78, 5) is 7.43. The minimum atomic E-state index is 0. The number of piperidine rings is 1. The summed E-state index contributed by atoms with van der Waals surface area (Å²) in [5.74, 6) is 1.01. The molecule has 0 aromatic rings. The van der Waals surface area contributed by atoms with E-state index in [1.165, 1.54) is 38.5 Å². The van der Waals surface area contributed by atoms with Gasteiger partial charge in [0, 0.05) is 38.8 Å². The molecule has 6 heteroatoms. The first-order chi connectivity index (χ1) is 12.0. The fourth-order valence-electron chi connectivity index (χ4n) is 3.89. The normalized spacial score (nSPS) is 21.7. The molecule has 1 saturated carbocycles. The van der Waals surface area contributed by atoms with Crippen LogP contribution >= 0.6 is 24.0 Å². The van der Waals surface area contributed by atoms with Crippen molar-refractivity contribution < 1.29 is 4.74 Å². The van der Waals surface area contributed by atoms with Crippen LogP contribution in [0.4, 0.5) is 0 Å². The average Bonchev–Trinajstić information content (AvgIpc) is 3.01. The number of ether oxygens (including phenoxy) is 1. The number of likely N-dealkylation sites (tertiary alicyclic amines) is 1. The Bertz CT molecular complexity index is 403. The average molecular weight is 480 g/mol. The van der Waals surface area contributed by atoms with Crippen LogP contribution in [0.15, 0.2) is 4.99 Å². The van der Waals surface area contributed by atoms with Crippen molar-refractivity contribution in [3.63, 3.8) is 0 Å². The van der Waals surface area contributed by atoms with Crippen molar-refractivity contribution in [2.75, 3.05) is 39.3 Å². The summed E-state index contributed by atoms with van der Waals surface area (Å²) >= 11 is 0. The number of aliphatic imine (C=N–C) groups is 1. The number of nitrogens with zero attached hydrogens (tertiary/aromatic N) is 2. The van der Waals surface area contributed by atoms with Gasteiger partial charge in [-0.15, -0.1) is 24.0 Å². The first kappa shape index (κ1) is 24.0. The van der Waals surface area contributed by atoms with Gasteiger partial charge >= 0.3 is 0 Å². The molecule has 1 aliphatic heterocycles. The molecule has 1 saturated heterocycles. The first-order valence-electron chi connectivity index (χ1n) is 10.4. The minimum Gasteiger partial charge on any atom is -0.377 e. The third kappa shape index (κ3) is 8.74. The van der Waals surface area contributed by atoms with Crippen molar-refractivity contribution in [1.29, 1.82) is 0 Å². The Morgan fingerprint density at radius 3 is 2.46 bits per heavy atom. The van der Waals surface area contributed by atoms with Gasteiger partial charge < -0.3 is 20.3 Å². The molecule has 0 atom stereocenters. The maximum absolute atomic E-state index is 5.67. The van der Waals surface area contributed by atoms with Crippen LogP contribution in [0.3, 0.4) is 0 Å². The van der Waals surface area contributed by atoms with Crippen LogP contribution < -0.4 is 10.6 Å². The summed E-state index contributed by atoms with van der Waals surface area (Å²) in [5.41, 5.74) is 0.419. The highest BCUT2D eigenvalue weighted by Gasteiger charge is 2.28. The van der Waals surface area contributed by atoms with E-state index in [1.807, 2.05) is 0 Å². The molecule has 5 nitrogen and oxygen atoms in total. The highest BCUT2D eigenvalue weighted by atomic mass is 127. The molecule has 2 N–H and O–H groups in total. The standard InChI is InChI=1S/C20H40N4O.HI/c1-5-21-19(22-16-20(4)10-6-7-11-20)23-18-8-12-24(13-9-18)14-15-25-17(2)3;/h17-18H,5-16H2,1-4H3,(H2,21,22,23);1H. The minimum absolute atomic E-state index is 0. The van der Waals surface area contributed by atoms with Gasteiger partial charge in [-0.3, -0.25) is 4.99 Å². The molecule has 1 heterocycles. The zero-order valence-electron chi connectivity index (χ0n) is 17.4. The molecule has 0 unspecified atom stereocenters. The predicted molar refractivity (Wildman–Crippen MR) is 122 cm³/mol. The van der Waals surface area contributed by atoms with E-state index in [0.717, 1.165) is 45.3 Å². The number of hydrogen-bond acceptors (Lipinski definition) is 3. The Labute approximate surface area is 178 Å². The van der Waals surface area contributed by atoms with E-state index < -0.39 is 0 Å². The van der Waals surface area contributed by atoms with Crippen molar-refractivity contribution >= 4 is 29.9 Å². The van der Waals surface area contributed by atoms with Crippen molar-refractivity contribution in [3.8, 4) is 0 Å². The maximum atomic E-state index is 5.67. The van der Waals surface area contributed by atoms with Gasteiger partial charge in [0.25, 0.3) is 0 Å². The highest BCUT2D eigenvalue weighted by molar-refractivity contribution is 14.0. The lowest BCUT2D eigenvalue weighted by molar-refractivity contribution is 0.0532. The molecule has 0 aromatic carbocycles. The topological polar surface area (TPSA) is 48.9 Å². The fourth-order valence-corrected chi connectivity index (χ4v) is 3.89. The van der Waals surface area contributed by atoms with Crippen LogP contribution in [-0.2, 0) is 4.74 Å². The number of hydrogen-bond donors (Lipinski definition) is 2. The summed E-state index contributed by atoms with van der Waals surface area (Å²) in [7, 11) is 0. The maximum Gasteiger partial charge on any atom is 0.191 e. The fraction of sp³-hybridized carbons (Fsp3) is 0.950. The Morgan fingerprint density at radius 2 is 1.88 bits per heavy atom. The SMILES string of the molecule is CCNC(=NCC1(C)CCCC1)NC1CCN(CCOC(C)C)CC1.I. The molecule has 1 aliphatic carbocycles. The second kappa shape index (κ2) is 12.4. The summed E-state index contributed by atoms with van der Waals surface area (Å²) < 4.78 is 5.67. The molecule has 2 fully saturated rings. The van der Waals surface area contributed by atoms with E-state index >= 15 is 0 Å². The molecule has 0 aromatic heterocycles. The third-order valence-electron chi connectivity index (χ3n) is 5.56. The Morgan fingerprint density at radius 1 is 1.23 bits per heavy atom. The molecule has 154 valence electrons. The quantitative estimate of drug-likeness (QED) is 0.317. The summed E-state index contributed by atoms with van der Waals surface area (Å²) in [6, 6.07) is 0.538. The molecule has 0 amide bonds. The second-order valence-electron chi connectivity index (χ2n) is 8.39. The van der Waals surface area contributed by atoms with Crippen LogP contribution in [0, 0.1) is 5.41 Å². The zero-order valence-corrected chi connectivity index (χ0v) is 19.7. The Balaban J connectivity index is 0.00000338. The highest BCUT2D eigenvalue weighted by Crippen LogP contribution is 2.37. The molecular formula is C20H41IN4O. The van der Waals surface area contributed by atoms with Crippen molar-refractivity contribution in [2.24, 2.45) is 10.4 Å². The number of guanidine groups is 1. The molecule has 2 aliphatic rings. The van der Waals surface area contributed by atoms with E-state index in [2.05, 4.69) is 43.2 Å². The van der Waals surface area contributed by atoms with Crippen molar-refractivity contribution in [1.82, 2.24) is 15.5 Å². The van der Waals surface area contributed by atoms with Crippen molar-refractivity contribution in [3.05, 3.63) is 0 Å². The molecular weight excluding hydrogens is 439 g/mol. The summed E-state index contributed by atoms with van der Waals surface area (Å²) in [6.07, 6.45) is 8.09. The lowest BCUT2D eigenvalue weighted by atomic mass is 9.89. The lowest BCUT2D eigenvalue weighted by Crippen LogP contribution is -2.49. The van der Waals surface area contributed by atoms with Gasteiger partial charge in [0.2, 0.25) is 0 Å². The monoisotopic (exact) mass is 480 g/mol. The van der Waals surface area contributed by atoms with Gasteiger partial charge in [0.15, 0.2) is 5.96 Å². The van der Waals surface area contributed by atoms with Crippen LogP contribution in [0.2, 0.25) is 0 Å². The first-order valence-corrected chi connectivity index (χ1v) is 10.4. The lowest BCUT2D eigenvalue weighted by Gasteiger charge is -2.33. The van der Waals surface area contributed by atoms with E-state index in [4.69, 9.17) is 9.73 Å². The molecule has 0 spiro atoms. The van der Waals surface area contributed by atoms with Gasteiger partial charge in [-0.05, 0) is 51.9 Å². The molecule has 0 bridgehead atoms. The Hall–Kier alpha value is -0.0800. The van der Waals surface area contributed by atoms with E-state index in [-0.39, 0.29) is 24.0 Å². The number of nitrogens with one attached hydrogen (secondary N) is 2. The van der Waals surface area contributed by atoms with Gasteiger partial charge in [-0.1, -0.05) is 19.8 Å². The van der Waals surface area contributed by atoms with Crippen LogP contribution in [0.25, 0.3) is 0 Å². The predicted octanol–water partition coefficient (Wildman–Crippen LogP) is 3.63. The van der Waals surface area contributed by atoms with Crippen LogP contribution in [0.1, 0.15) is 66.2 Å². The van der Waals surface area contributed by atoms with Gasteiger partial charge in [0.1, 0.15) is 0 Å². The molecule has 0 radical (unpaired) electrons. The molecule has 26 heavy (non-hydrogen) atoms. The van der Waals surface area contributed by atoms with Crippen molar-refractivity contribution in [2.45, 2.75) is 78.4 Å². The Kier molecular flexibility index (Phi) is 11.4. The molecule has 2 rings (SSSR count). The van der Waals surface area contributed by atoms with E-state index in [9.17, 15) is 0 Å². The summed E-state index contributed by atoms with van der Waals surface area (Å²) in [5, 5.41) is 7.11. The zero-order chi connectivity index (χ0) is 18.1. The van der Waals surface area contributed by atoms with E-state index in [1.54, 1.807) is 0 Å². The second-order valence-corrected chi connectivity index (χ2v) is 8.39. The third-order valence-corrected chi connectivity index (χ3v) is 5.56. The van der Waals surface area contributed by atoms with Crippen LogP contribution in [-0.4, -0.2) is 62.3 Å². The summed E-state index contributed by atoms with van der Waals surface area (Å²) in [6.45, 7) is 14.8. The van der Waals surface area contributed by atoms with Gasteiger partial charge in [-0.25, -0.2) is 0 Å². The number of rotatable bonds is 8. The van der Waals surface area contributed by atoms with E-state index in [0.29, 0.717) is 17.6 Å². The van der Waals surface area contributed by atoms with Gasteiger partial charge in [-0.2, -0.15) is 0 Å². The van der Waals surface area contributed by atoms with Crippen LogP contribution in [0.5, 0.6) is 0 Å². The van der Waals surface area contributed by atoms with Gasteiger partial charge in [0.05, 0.1) is 12.7 Å².